The molecule has 102 valence electrons. The van der Waals surface area contributed by atoms with Gasteiger partial charge in [-0.05, 0) is 24.8 Å². The summed E-state index contributed by atoms with van der Waals surface area (Å²) in [6.07, 6.45) is 7.01. The highest BCUT2D eigenvalue weighted by molar-refractivity contribution is 5.00. The first-order valence-corrected chi connectivity index (χ1v) is 7.09. The Labute approximate surface area is 109 Å². The summed E-state index contributed by atoms with van der Waals surface area (Å²) in [6.45, 7) is 5.43. The maximum absolute atomic E-state index is 9.69. The number of aliphatic hydroxyl groups excluding tert-OH is 1. The minimum atomic E-state index is -0.276. The highest BCUT2D eigenvalue weighted by Gasteiger charge is 2.17. The van der Waals surface area contributed by atoms with Gasteiger partial charge >= 0.3 is 0 Å². The van der Waals surface area contributed by atoms with E-state index in [0.717, 1.165) is 12.2 Å². The molecule has 0 aromatic carbocycles. The van der Waals surface area contributed by atoms with Crippen LogP contribution in [0.1, 0.15) is 51.3 Å². The lowest BCUT2D eigenvalue weighted by atomic mass is 10.1. The van der Waals surface area contributed by atoms with Gasteiger partial charge in [0.1, 0.15) is 0 Å². The van der Waals surface area contributed by atoms with E-state index in [4.69, 9.17) is 0 Å². The van der Waals surface area contributed by atoms with Crippen molar-refractivity contribution >= 4 is 0 Å². The normalized spacial score (nSPS) is 18.7. The average molecular weight is 251 g/mol. The number of aliphatic hydroxyl groups is 1. The van der Waals surface area contributed by atoms with Crippen LogP contribution in [0, 0.1) is 5.92 Å². The molecule has 0 bridgehead atoms. The molecule has 0 spiro atoms. The van der Waals surface area contributed by atoms with Crippen LogP contribution in [0.2, 0.25) is 0 Å². The van der Waals surface area contributed by atoms with Crippen LogP contribution in [0.4, 0.5) is 0 Å². The van der Waals surface area contributed by atoms with Crippen LogP contribution >= 0.6 is 0 Å². The molecule has 1 aromatic rings. The first-order valence-electron chi connectivity index (χ1n) is 7.09. The van der Waals surface area contributed by atoms with Gasteiger partial charge < -0.3 is 10.4 Å². The lowest BCUT2D eigenvalue weighted by molar-refractivity contribution is 0.123. The van der Waals surface area contributed by atoms with Crippen LogP contribution < -0.4 is 5.32 Å². The van der Waals surface area contributed by atoms with E-state index in [0.29, 0.717) is 18.5 Å². The zero-order valence-corrected chi connectivity index (χ0v) is 11.5. The average Bonchev–Trinajstić information content (AvgIpc) is 2.98. The topological polar surface area (TPSA) is 50.1 Å². The Bertz CT molecular complexity index is 356. The lowest BCUT2D eigenvalue weighted by Crippen LogP contribution is -2.30. The predicted molar refractivity (Wildman–Crippen MR) is 72.3 cm³/mol. The first-order chi connectivity index (χ1) is 8.66. The second-order valence-corrected chi connectivity index (χ2v) is 5.67. The van der Waals surface area contributed by atoms with Crippen molar-refractivity contribution in [2.45, 2.75) is 58.2 Å². The number of rotatable bonds is 6. The van der Waals surface area contributed by atoms with Gasteiger partial charge in [0.25, 0.3) is 0 Å². The second kappa shape index (κ2) is 6.34. The van der Waals surface area contributed by atoms with E-state index in [2.05, 4.69) is 27.4 Å². The molecule has 0 amide bonds. The fourth-order valence-electron chi connectivity index (χ4n) is 2.43. The number of aromatic nitrogens is 2. The van der Waals surface area contributed by atoms with Crippen molar-refractivity contribution in [3.05, 3.63) is 18.0 Å². The van der Waals surface area contributed by atoms with Crippen molar-refractivity contribution in [3.8, 4) is 0 Å². The Hall–Kier alpha value is -0.870. The standard InChI is InChI=1S/C14H25N3O/c1-11(2)14(18)10-15-9-12-7-8-17(16-12)13-5-3-4-6-13/h7-8,11,13-15,18H,3-6,9-10H2,1-2H3. The molecule has 1 aliphatic carbocycles. The summed E-state index contributed by atoms with van der Waals surface area (Å²) < 4.78 is 2.11. The van der Waals surface area contributed by atoms with Gasteiger partial charge in [-0.15, -0.1) is 0 Å². The lowest BCUT2D eigenvalue weighted by Gasteiger charge is -2.14. The molecule has 1 unspecified atom stereocenters. The molecule has 2 N–H and O–H groups in total. The van der Waals surface area contributed by atoms with E-state index in [-0.39, 0.29) is 6.10 Å². The summed E-state index contributed by atoms with van der Waals surface area (Å²) in [4.78, 5) is 0. The molecule has 1 saturated carbocycles. The zero-order chi connectivity index (χ0) is 13.0. The summed E-state index contributed by atoms with van der Waals surface area (Å²) in [6, 6.07) is 2.69. The maximum atomic E-state index is 9.69. The van der Waals surface area contributed by atoms with Gasteiger partial charge in [-0.1, -0.05) is 26.7 Å². The number of nitrogens with zero attached hydrogens (tertiary/aromatic N) is 2. The highest BCUT2D eigenvalue weighted by atomic mass is 16.3. The summed E-state index contributed by atoms with van der Waals surface area (Å²) in [5, 5.41) is 17.6. The Morgan fingerprint density at radius 1 is 1.44 bits per heavy atom. The fraction of sp³-hybridized carbons (Fsp3) is 0.786. The second-order valence-electron chi connectivity index (χ2n) is 5.67. The molecular weight excluding hydrogens is 226 g/mol. The predicted octanol–water partition coefficient (Wildman–Crippen LogP) is 2.10. The number of nitrogens with one attached hydrogen (secondary N) is 1. The third kappa shape index (κ3) is 3.56. The first kappa shape index (κ1) is 13.6. The van der Waals surface area contributed by atoms with Gasteiger partial charge in [0.05, 0.1) is 17.8 Å². The molecule has 4 nitrogen and oxygen atoms in total. The van der Waals surface area contributed by atoms with Crippen molar-refractivity contribution in [2.24, 2.45) is 5.92 Å². The molecular formula is C14H25N3O. The van der Waals surface area contributed by atoms with E-state index >= 15 is 0 Å². The third-order valence-corrected chi connectivity index (χ3v) is 3.79. The summed E-state index contributed by atoms with van der Waals surface area (Å²) >= 11 is 0. The molecule has 4 heteroatoms. The van der Waals surface area contributed by atoms with E-state index < -0.39 is 0 Å². The largest absolute Gasteiger partial charge is 0.392 e. The molecule has 2 rings (SSSR count). The molecule has 0 radical (unpaired) electrons. The van der Waals surface area contributed by atoms with Gasteiger partial charge in [0, 0.05) is 19.3 Å². The molecule has 0 aliphatic heterocycles. The monoisotopic (exact) mass is 251 g/mol. The van der Waals surface area contributed by atoms with Crippen LogP contribution in [-0.2, 0) is 6.54 Å². The van der Waals surface area contributed by atoms with Crippen LogP contribution in [0.5, 0.6) is 0 Å². The molecule has 1 atom stereocenters. The summed E-state index contributed by atoms with van der Waals surface area (Å²) in [5.41, 5.74) is 1.07. The van der Waals surface area contributed by atoms with Gasteiger partial charge in [-0.2, -0.15) is 5.10 Å². The SMILES string of the molecule is CC(C)C(O)CNCc1ccn(C2CCCC2)n1. The quantitative estimate of drug-likeness (QED) is 0.814. The van der Waals surface area contributed by atoms with Crippen molar-refractivity contribution in [1.82, 2.24) is 15.1 Å². The van der Waals surface area contributed by atoms with Crippen molar-refractivity contribution in [2.75, 3.05) is 6.54 Å². The van der Waals surface area contributed by atoms with Gasteiger partial charge in [0.2, 0.25) is 0 Å². The van der Waals surface area contributed by atoms with E-state index in [1.165, 1.54) is 25.7 Å². The Morgan fingerprint density at radius 2 is 2.17 bits per heavy atom. The Kier molecular flexibility index (Phi) is 4.78. The van der Waals surface area contributed by atoms with Crippen LogP contribution in [0.3, 0.4) is 0 Å². The van der Waals surface area contributed by atoms with Crippen molar-refractivity contribution in [3.63, 3.8) is 0 Å². The van der Waals surface area contributed by atoms with E-state index in [1.807, 2.05) is 13.8 Å². The maximum Gasteiger partial charge on any atom is 0.0762 e. The van der Waals surface area contributed by atoms with Crippen LogP contribution in [0.15, 0.2) is 12.3 Å². The molecule has 18 heavy (non-hydrogen) atoms. The molecule has 1 heterocycles. The minimum absolute atomic E-state index is 0.276. The van der Waals surface area contributed by atoms with Crippen LogP contribution in [0.25, 0.3) is 0 Å². The molecule has 1 fully saturated rings. The summed E-state index contributed by atoms with van der Waals surface area (Å²) in [7, 11) is 0. The minimum Gasteiger partial charge on any atom is -0.392 e. The van der Waals surface area contributed by atoms with Crippen molar-refractivity contribution in [1.29, 1.82) is 0 Å². The van der Waals surface area contributed by atoms with Gasteiger partial charge in [-0.25, -0.2) is 0 Å². The highest BCUT2D eigenvalue weighted by Crippen LogP contribution is 2.28. The molecule has 1 aromatic heterocycles. The molecule has 0 saturated heterocycles. The van der Waals surface area contributed by atoms with Gasteiger partial charge in [-0.3, -0.25) is 4.68 Å². The number of hydrogen-bond donors (Lipinski definition) is 2. The van der Waals surface area contributed by atoms with E-state index in [9.17, 15) is 5.11 Å². The number of hydrogen-bond acceptors (Lipinski definition) is 3. The third-order valence-electron chi connectivity index (χ3n) is 3.79. The fourth-order valence-corrected chi connectivity index (χ4v) is 2.43. The Balaban J connectivity index is 1.76. The van der Waals surface area contributed by atoms with E-state index in [1.54, 1.807) is 0 Å². The Morgan fingerprint density at radius 3 is 2.83 bits per heavy atom. The van der Waals surface area contributed by atoms with Crippen LogP contribution in [-0.4, -0.2) is 27.5 Å². The zero-order valence-electron chi connectivity index (χ0n) is 11.5. The smallest absolute Gasteiger partial charge is 0.0762 e. The molecule has 1 aliphatic rings. The van der Waals surface area contributed by atoms with Gasteiger partial charge in [0.15, 0.2) is 0 Å². The summed E-state index contributed by atoms with van der Waals surface area (Å²) in [5.74, 6) is 0.300. The van der Waals surface area contributed by atoms with Crippen molar-refractivity contribution < 1.29 is 5.11 Å².